The predicted molar refractivity (Wildman–Crippen MR) is 76.4 cm³/mol. The molecule has 1 fully saturated rings. The van der Waals surface area contributed by atoms with Crippen molar-refractivity contribution in [3.63, 3.8) is 0 Å². The van der Waals surface area contributed by atoms with Crippen LogP contribution in [0, 0.1) is 0 Å². The quantitative estimate of drug-likeness (QED) is 0.798. The van der Waals surface area contributed by atoms with Gasteiger partial charge < -0.3 is 0 Å². The van der Waals surface area contributed by atoms with Crippen LogP contribution in [0.2, 0.25) is 0 Å². The molecule has 1 heterocycles. The van der Waals surface area contributed by atoms with Gasteiger partial charge in [-0.05, 0) is 25.0 Å². The second kappa shape index (κ2) is 6.17. The third kappa shape index (κ3) is 2.95. The van der Waals surface area contributed by atoms with E-state index < -0.39 is 10.0 Å². The minimum atomic E-state index is -3.34. The van der Waals surface area contributed by atoms with Crippen LogP contribution in [0.3, 0.4) is 0 Å². The van der Waals surface area contributed by atoms with Crippen molar-refractivity contribution in [3.8, 4) is 0 Å². The summed E-state index contributed by atoms with van der Waals surface area (Å²) < 4.78 is 26.9. The molecule has 0 amide bonds. The SMILES string of the molecule is O=S(=O)(c1ccccc1)N1CCCCCC1CBr. The van der Waals surface area contributed by atoms with Crippen LogP contribution in [0.5, 0.6) is 0 Å². The molecule has 0 saturated carbocycles. The Morgan fingerprint density at radius 2 is 1.89 bits per heavy atom. The lowest BCUT2D eigenvalue weighted by Crippen LogP contribution is -2.40. The van der Waals surface area contributed by atoms with E-state index in [1.807, 2.05) is 6.07 Å². The van der Waals surface area contributed by atoms with Crippen LogP contribution >= 0.6 is 15.9 Å². The van der Waals surface area contributed by atoms with E-state index in [1.54, 1.807) is 28.6 Å². The van der Waals surface area contributed by atoms with Crippen LogP contribution in [0.1, 0.15) is 25.7 Å². The number of hydrogen-bond acceptors (Lipinski definition) is 2. The Bertz CT molecular complexity index is 475. The summed E-state index contributed by atoms with van der Waals surface area (Å²) in [5.74, 6) is 0. The van der Waals surface area contributed by atoms with Gasteiger partial charge in [0.05, 0.1) is 4.90 Å². The molecule has 5 heteroatoms. The third-order valence-corrected chi connectivity index (χ3v) is 6.06. The first-order valence-corrected chi connectivity index (χ1v) is 8.85. The highest BCUT2D eigenvalue weighted by molar-refractivity contribution is 9.09. The van der Waals surface area contributed by atoms with Crippen LogP contribution in [0.4, 0.5) is 0 Å². The van der Waals surface area contributed by atoms with Crippen molar-refractivity contribution in [1.82, 2.24) is 4.31 Å². The minimum Gasteiger partial charge on any atom is -0.207 e. The van der Waals surface area contributed by atoms with Gasteiger partial charge in [-0.3, -0.25) is 0 Å². The molecule has 0 bridgehead atoms. The first-order chi connectivity index (χ1) is 8.66. The van der Waals surface area contributed by atoms with Gasteiger partial charge in [0.15, 0.2) is 0 Å². The molecule has 0 radical (unpaired) electrons. The molecule has 1 saturated heterocycles. The van der Waals surface area contributed by atoms with Gasteiger partial charge in [0.1, 0.15) is 0 Å². The molecule has 0 aliphatic carbocycles. The van der Waals surface area contributed by atoms with E-state index in [0.29, 0.717) is 16.8 Å². The zero-order chi connectivity index (χ0) is 13.0. The zero-order valence-electron chi connectivity index (χ0n) is 10.3. The summed E-state index contributed by atoms with van der Waals surface area (Å²) in [5.41, 5.74) is 0. The topological polar surface area (TPSA) is 37.4 Å². The van der Waals surface area contributed by atoms with Crippen molar-refractivity contribution >= 4 is 26.0 Å². The largest absolute Gasteiger partial charge is 0.243 e. The van der Waals surface area contributed by atoms with Gasteiger partial charge in [-0.25, -0.2) is 8.42 Å². The summed E-state index contributed by atoms with van der Waals surface area (Å²) in [6.45, 7) is 0.632. The van der Waals surface area contributed by atoms with Gasteiger partial charge in [-0.1, -0.05) is 47.0 Å². The monoisotopic (exact) mass is 331 g/mol. The summed E-state index contributed by atoms with van der Waals surface area (Å²) >= 11 is 3.44. The lowest BCUT2D eigenvalue weighted by molar-refractivity contribution is 0.347. The highest BCUT2D eigenvalue weighted by Crippen LogP contribution is 2.25. The highest BCUT2D eigenvalue weighted by Gasteiger charge is 2.31. The third-order valence-electron chi connectivity index (χ3n) is 3.35. The van der Waals surface area contributed by atoms with Crippen LogP contribution in [0.25, 0.3) is 0 Å². The van der Waals surface area contributed by atoms with Crippen molar-refractivity contribution < 1.29 is 8.42 Å². The molecule has 1 aliphatic rings. The summed E-state index contributed by atoms with van der Waals surface area (Å²) in [4.78, 5) is 0.401. The van der Waals surface area contributed by atoms with Gasteiger partial charge in [0.25, 0.3) is 0 Å². The van der Waals surface area contributed by atoms with E-state index in [0.717, 1.165) is 25.7 Å². The van der Waals surface area contributed by atoms with Crippen LogP contribution in [-0.4, -0.2) is 30.6 Å². The second-order valence-electron chi connectivity index (χ2n) is 4.59. The molecule has 100 valence electrons. The molecule has 2 rings (SSSR count). The molecule has 1 aliphatic heterocycles. The first-order valence-electron chi connectivity index (χ1n) is 6.29. The number of hydrogen-bond donors (Lipinski definition) is 0. The number of nitrogens with zero attached hydrogens (tertiary/aromatic N) is 1. The fourth-order valence-electron chi connectivity index (χ4n) is 2.35. The van der Waals surface area contributed by atoms with Crippen LogP contribution < -0.4 is 0 Å². The highest BCUT2D eigenvalue weighted by atomic mass is 79.9. The Morgan fingerprint density at radius 3 is 2.56 bits per heavy atom. The van der Waals surface area contributed by atoms with Gasteiger partial charge in [-0.15, -0.1) is 0 Å². The number of rotatable bonds is 3. The van der Waals surface area contributed by atoms with Crippen LogP contribution in [0.15, 0.2) is 35.2 Å². The van der Waals surface area contributed by atoms with E-state index in [1.165, 1.54) is 0 Å². The molecule has 1 aromatic carbocycles. The minimum absolute atomic E-state index is 0.0812. The lowest BCUT2D eigenvalue weighted by atomic mass is 10.1. The summed E-state index contributed by atoms with van der Waals surface area (Å²) in [5, 5.41) is 0.707. The van der Waals surface area contributed by atoms with Crippen molar-refractivity contribution in [2.45, 2.75) is 36.6 Å². The van der Waals surface area contributed by atoms with Gasteiger partial charge in [-0.2, -0.15) is 4.31 Å². The van der Waals surface area contributed by atoms with Gasteiger partial charge in [0.2, 0.25) is 10.0 Å². The molecular formula is C13H18BrNO2S. The number of halogens is 1. The van der Waals surface area contributed by atoms with E-state index >= 15 is 0 Å². The standard InChI is InChI=1S/C13H18BrNO2S/c14-11-12-7-3-2-6-10-15(12)18(16,17)13-8-4-1-5-9-13/h1,4-5,8-9,12H,2-3,6-7,10-11H2. The van der Waals surface area contributed by atoms with Crippen molar-refractivity contribution in [2.24, 2.45) is 0 Å². The summed E-state index contributed by atoms with van der Waals surface area (Å²) in [6, 6.07) is 8.81. The first kappa shape index (κ1) is 14.0. The maximum absolute atomic E-state index is 12.6. The van der Waals surface area contributed by atoms with E-state index in [9.17, 15) is 8.42 Å². The average molecular weight is 332 g/mol. The Balaban J connectivity index is 2.32. The van der Waals surface area contributed by atoms with Crippen molar-refractivity contribution in [2.75, 3.05) is 11.9 Å². The molecule has 18 heavy (non-hydrogen) atoms. The maximum Gasteiger partial charge on any atom is 0.243 e. The smallest absolute Gasteiger partial charge is 0.207 e. The van der Waals surface area contributed by atoms with Gasteiger partial charge in [0, 0.05) is 17.9 Å². The molecule has 0 aromatic heterocycles. The molecule has 1 unspecified atom stereocenters. The molecule has 0 N–H and O–H groups in total. The number of sulfonamides is 1. The second-order valence-corrected chi connectivity index (χ2v) is 7.12. The fourth-order valence-corrected chi connectivity index (χ4v) is 4.93. The molecule has 1 aromatic rings. The van der Waals surface area contributed by atoms with Gasteiger partial charge >= 0.3 is 0 Å². The molecule has 1 atom stereocenters. The van der Waals surface area contributed by atoms with E-state index in [2.05, 4.69) is 15.9 Å². The summed E-state index contributed by atoms with van der Waals surface area (Å²) in [7, 11) is -3.34. The fraction of sp³-hybridized carbons (Fsp3) is 0.538. The van der Waals surface area contributed by atoms with E-state index in [4.69, 9.17) is 0 Å². The van der Waals surface area contributed by atoms with E-state index in [-0.39, 0.29) is 6.04 Å². The summed E-state index contributed by atoms with van der Waals surface area (Å²) in [6.07, 6.45) is 4.12. The van der Waals surface area contributed by atoms with Crippen LogP contribution in [-0.2, 0) is 10.0 Å². The number of alkyl halides is 1. The Morgan fingerprint density at radius 1 is 1.17 bits per heavy atom. The Labute approximate surface area is 117 Å². The Hall–Kier alpha value is -0.390. The molecule has 3 nitrogen and oxygen atoms in total. The molecule has 0 spiro atoms. The normalized spacial score (nSPS) is 22.6. The van der Waals surface area contributed by atoms with Crippen molar-refractivity contribution in [3.05, 3.63) is 30.3 Å². The Kier molecular flexibility index (Phi) is 4.81. The average Bonchev–Trinajstić information content (AvgIpc) is 2.65. The van der Waals surface area contributed by atoms with Crippen molar-refractivity contribution in [1.29, 1.82) is 0 Å². The predicted octanol–water partition coefficient (Wildman–Crippen LogP) is 3.01. The lowest BCUT2D eigenvalue weighted by Gasteiger charge is -2.27. The number of benzene rings is 1. The molecular weight excluding hydrogens is 314 g/mol. The maximum atomic E-state index is 12.6. The zero-order valence-corrected chi connectivity index (χ0v) is 12.7.